The van der Waals surface area contributed by atoms with Crippen molar-refractivity contribution in [2.24, 2.45) is 0 Å². The van der Waals surface area contributed by atoms with Crippen LogP contribution in [0, 0.1) is 0 Å². The van der Waals surface area contributed by atoms with E-state index in [-0.39, 0.29) is 24.4 Å². The van der Waals surface area contributed by atoms with Gasteiger partial charge in [0.1, 0.15) is 0 Å². The Bertz CT molecular complexity index is 1080. The van der Waals surface area contributed by atoms with Gasteiger partial charge in [-0.05, 0) is 52.3 Å². The van der Waals surface area contributed by atoms with Gasteiger partial charge in [0, 0.05) is 18.9 Å². The van der Waals surface area contributed by atoms with E-state index in [1.54, 1.807) is 18.3 Å². The van der Waals surface area contributed by atoms with Gasteiger partial charge < -0.3 is 15.4 Å². The molecule has 0 aliphatic heterocycles. The second-order valence-electron chi connectivity index (χ2n) is 8.52. The maximum absolute atomic E-state index is 14.5. The average molecular weight is 444 g/mol. The molecule has 1 atom stereocenters. The van der Waals surface area contributed by atoms with E-state index >= 15 is 0 Å². The van der Waals surface area contributed by atoms with E-state index in [2.05, 4.69) is 10.3 Å². The first-order chi connectivity index (χ1) is 15.3. The van der Waals surface area contributed by atoms with E-state index in [1.807, 2.05) is 24.4 Å². The number of carboxylic acids is 1. The molecule has 1 aliphatic carbocycles. The number of aliphatic carboxylic acids is 1. The predicted octanol–water partition coefficient (Wildman–Crippen LogP) is 6.39. The molecular formula is C25H27F3N2O2. The van der Waals surface area contributed by atoms with Crippen molar-refractivity contribution in [3.8, 4) is 0 Å². The Morgan fingerprint density at radius 3 is 2.56 bits per heavy atom. The molecule has 3 N–H and O–H groups in total. The maximum Gasteiger partial charge on any atom is 0.417 e. The lowest BCUT2D eigenvalue weighted by Gasteiger charge is -2.29. The number of aromatic amines is 1. The van der Waals surface area contributed by atoms with Crippen LogP contribution in [0.3, 0.4) is 0 Å². The monoisotopic (exact) mass is 444 g/mol. The minimum atomic E-state index is -4.51. The molecule has 1 unspecified atom stereocenters. The summed E-state index contributed by atoms with van der Waals surface area (Å²) >= 11 is 0. The molecule has 0 saturated heterocycles. The van der Waals surface area contributed by atoms with Crippen LogP contribution in [0.1, 0.15) is 72.7 Å². The van der Waals surface area contributed by atoms with Crippen LogP contribution in [0.15, 0.2) is 48.8 Å². The van der Waals surface area contributed by atoms with Crippen LogP contribution in [0.25, 0.3) is 10.8 Å². The second kappa shape index (κ2) is 9.36. The molecule has 4 rings (SSSR count). The van der Waals surface area contributed by atoms with Crippen molar-refractivity contribution >= 4 is 16.7 Å². The number of carboxylic acid groups (broad SMARTS) is 1. The third-order valence-electron chi connectivity index (χ3n) is 6.38. The lowest BCUT2D eigenvalue weighted by Crippen LogP contribution is -2.28. The summed E-state index contributed by atoms with van der Waals surface area (Å²) in [4.78, 5) is 14.1. The molecule has 7 heteroatoms. The number of benzene rings is 2. The highest BCUT2D eigenvalue weighted by Crippen LogP contribution is 2.44. The standard InChI is InChI=1S/C25H27F3N2O2/c26-25(27,28)23-20(16-5-2-1-3-6-16)7-4-8-21(23)24(30-12-11-22(31)32)17-9-10-18-14-29-15-19(18)13-17/h4,7-10,13-16,24,29-30H,1-3,5-6,11-12H2,(H,31,32). The van der Waals surface area contributed by atoms with Crippen LogP contribution in [0.2, 0.25) is 0 Å². The predicted molar refractivity (Wildman–Crippen MR) is 118 cm³/mol. The number of hydrogen-bond donors (Lipinski definition) is 3. The van der Waals surface area contributed by atoms with Gasteiger partial charge in [-0.1, -0.05) is 49.6 Å². The zero-order valence-corrected chi connectivity index (χ0v) is 17.7. The summed E-state index contributed by atoms with van der Waals surface area (Å²) in [7, 11) is 0. The number of carbonyl (C=O) groups is 1. The molecule has 1 heterocycles. The van der Waals surface area contributed by atoms with Gasteiger partial charge in [-0.15, -0.1) is 0 Å². The van der Waals surface area contributed by atoms with Crippen molar-refractivity contribution in [1.29, 1.82) is 0 Å². The van der Waals surface area contributed by atoms with Crippen LogP contribution >= 0.6 is 0 Å². The molecule has 2 aromatic carbocycles. The van der Waals surface area contributed by atoms with E-state index in [4.69, 9.17) is 5.11 Å². The third-order valence-corrected chi connectivity index (χ3v) is 6.38. The van der Waals surface area contributed by atoms with E-state index < -0.39 is 23.8 Å². The Morgan fingerprint density at radius 2 is 1.84 bits per heavy atom. The van der Waals surface area contributed by atoms with Gasteiger partial charge in [-0.3, -0.25) is 4.79 Å². The van der Waals surface area contributed by atoms with Crippen molar-refractivity contribution in [3.05, 3.63) is 71.0 Å². The molecule has 0 bridgehead atoms. The number of rotatable bonds is 7. The third kappa shape index (κ3) is 4.83. The summed E-state index contributed by atoms with van der Waals surface area (Å²) in [5.41, 5.74) is 0.617. The van der Waals surface area contributed by atoms with Crippen LogP contribution < -0.4 is 5.32 Å². The molecule has 3 aromatic rings. The lowest BCUT2D eigenvalue weighted by molar-refractivity contribution is -0.139. The van der Waals surface area contributed by atoms with Crippen LogP contribution in [-0.2, 0) is 11.0 Å². The maximum atomic E-state index is 14.5. The number of hydrogen-bond acceptors (Lipinski definition) is 2. The van der Waals surface area contributed by atoms with Gasteiger partial charge in [-0.2, -0.15) is 13.2 Å². The molecule has 4 nitrogen and oxygen atoms in total. The quantitative estimate of drug-likeness (QED) is 0.396. The van der Waals surface area contributed by atoms with E-state index in [9.17, 15) is 18.0 Å². The number of nitrogens with one attached hydrogen (secondary N) is 2. The fourth-order valence-electron chi connectivity index (χ4n) is 4.89. The van der Waals surface area contributed by atoms with Crippen molar-refractivity contribution in [2.45, 2.75) is 56.7 Å². The highest BCUT2D eigenvalue weighted by atomic mass is 19.4. The number of aromatic nitrogens is 1. The van der Waals surface area contributed by atoms with E-state index in [1.165, 1.54) is 6.07 Å². The first-order valence-corrected chi connectivity index (χ1v) is 11.1. The SMILES string of the molecule is O=C(O)CCNC(c1ccc2c[nH]cc2c1)c1cccc(C2CCCCC2)c1C(F)(F)F. The minimum Gasteiger partial charge on any atom is -0.481 e. The molecule has 1 aliphatic rings. The van der Waals surface area contributed by atoms with Crippen molar-refractivity contribution in [3.63, 3.8) is 0 Å². The van der Waals surface area contributed by atoms with Crippen molar-refractivity contribution in [2.75, 3.05) is 6.54 Å². The largest absolute Gasteiger partial charge is 0.481 e. The first kappa shape index (κ1) is 22.4. The summed E-state index contributed by atoms with van der Waals surface area (Å²) in [6.07, 6.45) is 3.42. The number of alkyl halides is 3. The number of fused-ring (bicyclic) bond motifs is 1. The average Bonchev–Trinajstić information content (AvgIpc) is 3.24. The van der Waals surface area contributed by atoms with Gasteiger partial charge in [0.05, 0.1) is 18.0 Å². The molecule has 1 aromatic heterocycles. The minimum absolute atomic E-state index is 0.0656. The van der Waals surface area contributed by atoms with E-state index in [0.717, 1.165) is 42.9 Å². The topological polar surface area (TPSA) is 65.1 Å². The normalized spacial score (nSPS) is 16.3. The summed E-state index contributed by atoms with van der Waals surface area (Å²) in [6.45, 7) is 0.0656. The van der Waals surface area contributed by atoms with Crippen LogP contribution in [-0.4, -0.2) is 22.6 Å². The lowest BCUT2D eigenvalue weighted by atomic mass is 9.79. The van der Waals surface area contributed by atoms with Gasteiger partial charge in [0.15, 0.2) is 0 Å². The summed E-state index contributed by atoms with van der Waals surface area (Å²) in [5, 5.41) is 14.0. The Balaban J connectivity index is 1.82. The van der Waals surface area contributed by atoms with E-state index in [0.29, 0.717) is 11.1 Å². The molecule has 170 valence electrons. The van der Waals surface area contributed by atoms with Crippen molar-refractivity contribution in [1.82, 2.24) is 10.3 Å². The molecular weight excluding hydrogens is 417 g/mol. The molecule has 1 fully saturated rings. The second-order valence-corrected chi connectivity index (χ2v) is 8.52. The first-order valence-electron chi connectivity index (χ1n) is 11.1. The zero-order chi connectivity index (χ0) is 22.7. The van der Waals surface area contributed by atoms with Gasteiger partial charge in [-0.25, -0.2) is 0 Å². The Labute approximate surface area is 184 Å². The molecule has 1 saturated carbocycles. The van der Waals surface area contributed by atoms with Gasteiger partial charge in [0.2, 0.25) is 0 Å². The summed E-state index contributed by atoms with van der Waals surface area (Å²) in [6, 6.07) is 9.61. The summed E-state index contributed by atoms with van der Waals surface area (Å²) in [5.74, 6) is -1.10. The van der Waals surface area contributed by atoms with Gasteiger partial charge in [0.25, 0.3) is 0 Å². The fourth-order valence-corrected chi connectivity index (χ4v) is 4.89. The molecule has 0 amide bonds. The molecule has 0 radical (unpaired) electrons. The van der Waals surface area contributed by atoms with Crippen molar-refractivity contribution < 1.29 is 23.1 Å². The number of H-pyrrole nitrogens is 1. The zero-order valence-electron chi connectivity index (χ0n) is 17.7. The molecule has 32 heavy (non-hydrogen) atoms. The Kier molecular flexibility index (Phi) is 6.55. The molecule has 0 spiro atoms. The Morgan fingerprint density at radius 1 is 1.09 bits per heavy atom. The smallest absolute Gasteiger partial charge is 0.417 e. The Hall–Kier alpha value is -2.80. The highest BCUT2D eigenvalue weighted by Gasteiger charge is 2.39. The van der Waals surface area contributed by atoms with Gasteiger partial charge >= 0.3 is 12.1 Å². The summed E-state index contributed by atoms with van der Waals surface area (Å²) < 4.78 is 43.4. The fraction of sp³-hybridized carbons (Fsp3) is 0.400. The van der Waals surface area contributed by atoms with Crippen LogP contribution in [0.4, 0.5) is 13.2 Å². The highest BCUT2D eigenvalue weighted by molar-refractivity contribution is 5.82. The van der Waals surface area contributed by atoms with Crippen LogP contribution in [0.5, 0.6) is 0 Å². The number of halogens is 3.